The zero-order valence-electron chi connectivity index (χ0n) is 17.9. The maximum atomic E-state index is 12.4. The van der Waals surface area contributed by atoms with Crippen molar-refractivity contribution in [1.82, 2.24) is 15.5 Å². The van der Waals surface area contributed by atoms with Crippen molar-refractivity contribution in [3.63, 3.8) is 0 Å². The van der Waals surface area contributed by atoms with E-state index in [1.165, 1.54) is 36.8 Å². The van der Waals surface area contributed by atoms with Crippen LogP contribution in [0.4, 0.5) is 11.5 Å². The molecule has 1 aromatic heterocycles. The van der Waals surface area contributed by atoms with Crippen LogP contribution in [0.15, 0.2) is 72.3 Å². The lowest BCUT2D eigenvalue weighted by molar-refractivity contribution is 0.0954. The van der Waals surface area contributed by atoms with Crippen molar-refractivity contribution >= 4 is 17.4 Å². The quantitative estimate of drug-likeness (QED) is 0.480. The van der Waals surface area contributed by atoms with Crippen LogP contribution in [0.2, 0.25) is 0 Å². The van der Waals surface area contributed by atoms with Crippen LogP contribution in [0, 0.1) is 6.92 Å². The topological polar surface area (TPSA) is 66.9 Å². The molecule has 0 atom stereocenters. The number of hydrogen-bond acceptors (Lipinski definition) is 4. The molecule has 4 rings (SSSR count). The molecule has 0 aliphatic heterocycles. The minimum absolute atomic E-state index is 0.0368. The van der Waals surface area contributed by atoms with E-state index in [4.69, 9.17) is 0 Å². The van der Waals surface area contributed by atoms with E-state index in [2.05, 4.69) is 46.0 Å². The van der Waals surface area contributed by atoms with Crippen LogP contribution < -0.4 is 10.6 Å². The second-order valence-electron chi connectivity index (χ2n) is 7.99. The maximum Gasteiger partial charge on any atom is 0.251 e. The first-order valence-corrected chi connectivity index (χ1v) is 10.9. The summed E-state index contributed by atoms with van der Waals surface area (Å²) in [5, 5.41) is 14.9. The lowest BCUT2D eigenvalue weighted by atomic mass is 9.97. The first kappa shape index (κ1) is 20.8. The van der Waals surface area contributed by atoms with E-state index in [0.29, 0.717) is 17.9 Å². The highest BCUT2D eigenvalue weighted by Gasteiger charge is 2.08. The number of carbonyl (C=O) groups is 1. The minimum atomic E-state index is -0.0368. The fourth-order valence-electron chi connectivity index (χ4n) is 3.78. The van der Waals surface area contributed by atoms with Gasteiger partial charge >= 0.3 is 0 Å². The van der Waals surface area contributed by atoms with Crippen molar-refractivity contribution in [1.29, 1.82) is 0 Å². The highest BCUT2D eigenvalue weighted by molar-refractivity contribution is 5.94. The Morgan fingerprint density at radius 3 is 2.58 bits per heavy atom. The molecule has 0 unspecified atom stereocenters. The van der Waals surface area contributed by atoms with Crippen LogP contribution >= 0.6 is 0 Å². The molecule has 3 aromatic rings. The van der Waals surface area contributed by atoms with Gasteiger partial charge in [-0.2, -0.15) is 0 Å². The zero-order valence-corrected chi connectivity index (χ0v) is 17.9. The summed E-state index contributed by atoms with van der Waals surface area (Å²) in [4.78, 5) is 12.4. The van der Waals surface area contributed by atoms with Crippen molar-refractivity contribution in [2.24, 2.45) is 0 Å². The fourth-order valence-corrected chi connectivity index (χ4v) is 3.78. The van der Waals surface area contributed by atoms with E-state index in [9.17, 15) is 4.79 Å². The Morgan fingerprint density at radius 2 is 1.87 bits per heavy atom. The van der Waals surface area contributed by atoms with Gasteiger partial charge in [-0.3, -0.25) is 4.79 Å². The molecule has 0 saturated heterocycles. The number of amides is 1. The Balaban J connectivity index is 1.30. The largest absolute Gasteiger partial charge is 0.352 e. The number of nitrogens with zero attached hydrogens (tertiary/aromatic N) is 2. The number of carbonyl (C=O) groups excluding carboxylic acids is 1. The molecular formula is C26H28N4O. The van der Waals surface area contributed by atoms with Crippen LogP contribution in [-0.4, -0.2) is 22.6 Å². The van der Waals surface area contributed by atoms with Gasteiger partial charge in [0.25, 0.3) is 5.91 Å². The third-order valence-corrected chi connectivity index (χ3v) is 5.51. The number of rotatable bonds is 7. The van der Waals surface area contributed by atoms with Gasteiger partial charge in [-0.05, 0) is 81.5 Å². The minimum Gasteiger partial charge on any atom is -0.352 e. The fraction of sp³-hybridized carbons (Fsp3) is 0.269. The number of anilines is 2. The first-order chi connectivity index (χ1) is 15.2. The molecule has 5 nitrogen and oxygen atoms in total. The van der Waals surface area contributed by atoms with Crippen molar-refractivity contribution in [2.75, 3.05) is 11.9 Å². The summed E-state index contributed by atoms with van der Waals surface area (Å²) in [5.41, 5.74) is 6.07. The van der Waals surface area contributed by atoms with Crippen molar-refractivity contribution in [3.8, 4) is 11.3 Å². The van der Waals surface area contributed by atoms with Gasteiger partial charge in [0.2, 0.25) is 0 Å². The summed E-state index contributed by atoms with van der Waals surface area (Å²) in [5.74, 6) is 0.625. The summed E-state index contributed by atoms with van der Waals surface area (Å²) in [7, 11) is 0. The van der Waals surface area contributed by atoms with Crippen LogP contribution in [0.25, 0.3) is 11.3 Å². The SMILES string of the molecule is Cc1cccc(-c2ccc(Nc3ccc(C(=O)NCCC4=CCCCC4)cc3)nn2)c1. The number of benzene rings is 2. The second-order valence-corrected chi connectivity index (χ2v) is 7.99. The molecule has 2 N–H and O–H groups in total. The highest BCUT2D eigenvalue weighted by atomic mass is 16.1. The number of hydrogen-bond donors (Lipinski definition) is 2. The predicted octanol–water partition coefficient (Wildman–Crippen LogP) is 5.82. The molecular weight excluding hydrogens is 384 g/mol. The Labute approximate surface area is 183 Å². The third kappa shape index (κ3) is 5.79. The molecule has 1 aliphatic carbocycles. The van der Waals surface area contributed by atoms with Crippen LogP contribution in [0.1, 0.15) is 48.0 Å². The van der Waals surface area contributed by atoms with Gasteiger partial charge in [-0.15, -0.1) is 10.2 Å². The number of allylic oxidation sites excluding steroid dienone is 1. The molecule has 1 aliphatic rings. The Hall–Kier alpha value is -3.47. The molecule has 1 heterocycles. The molecule has 158 valence electrons. The monoisotopic (exact) mass is 412 g/mol. The zero-order chi connectivity index (χ0) is 21.5. The molecule has 0 fully saturated rings. The molecule has 1 amide bonds. The summed E-state index contributed by atoms with van der Waals surface area (Å²) in [6.07, 6.45) is 8.18. The van der Waals surface area contributed by atoms with Gasteiger partial charge in [-0.25, -0.2) is 0 Å². The summed E-state index contributed by atoms with van der Waals surface area (Å²) >= 11 is 0. The van der Waals surface area contributed by atoms with Crippen LogP contribution in [0.5, 0.6) is 0 Å². The van der Waals surface area contributed by atoms with Crippen molar-refractivity contribution < 1.29 is 4.79 Å². The van der Waals surface area contributed by atoms with E-state index < -0.39 is 0 Å². The number of aromatic nitrogens is 2. The normalized spacial score (nSPS) is 13.4. The standard InChI is InChI=1S/C26H28N4O/c1-19-6-5-9-22(18-19)24-14-15-25(30-29-24)28-23-12-10-21(11-13-23)26(31)27-17-16-20-7-3-2-4-8-20/h5-7,9-15,18H,2-4,8,16-17H2,1H3,(H,27,31)(H,28,30). The molecule has 5 heteroatoms. The van der Waals surface area contributed by atoms with Crippen molar-refractivity contribution in [2.45, 2.75) is 39.0 Å². The Kier molecular flexibility index (Phi) is 6.72. The number of aryl methyl sites for hydroxylation is 1. The van der Waals surface area contributed by atoms with Gasteiger partial charge < -0.3 is 10.6 Å². The molecule has 2 aromatic carbocycles. The molecule has 0 saturated carbocycles. The maximum absolute atomic E-state index is 12.4. The summed E-state index contributed by atoms with van der Waals surface area (Å²) in [6, 6.07) is 19.5. The average Bonchev–Trinajstić information content (AvgIpc) is 2.81. The molecule has 0 bridgehead atoms. The van der Waals surface area contributed by atoms with E-state index in [1.807, 2.05) is 48.5 Å². The molecule has 31 heavy (non-hydrogen) atoms. The van der Waals surface area contributed by atoms with E-state index >= 15 is 0 Å². The smallest absolute Gasteiger partial charge is 0.251 e. The van der Waals surface area contributed by atoms with Crippen LogP contribution in [-0.2, 0) is 0 Å². The van der Waals surface area contributed by atoms with Gasteiger partial charge in [0.05, 0.1) is 5.69 Å². The van der Waals surface area contributed by atoms with Gasteiger partial charge in [0.1, 0.15) is 0 Å². The molecule has 0 radical (unpaired) electrons. The first-order valence-electron chi connectivity index (χ1n) is 10.9. The van der Waals surface area contributed by atoms with Crippen molar-refractivity contribution in [3.05, 3.63) is 83.4 Å². The van der Waals surface area contributed by atoms with Gasteiger partial charge in [0.15, 0.2) is 5.82 Å². The molecule has 0 spiro atoms. The second kappa shape index (κ2) is 10.0. The van der Waals surface area contributed by atoms with E-state index in [1.54, 1.807) is 0 Å². The number of nitrogens with one attached hydrogen (secondary N) is 2. The average molecular weight is 413 g/mol. The highest BCUT2D eigenvalue weighted by Crippen LogP contribution is 2.21. The van der Waals surface area contributed by atoms with E-state index in [0.717, 1.165) is 23.4 Å². The third-order valence-electron chi connectivity index (χ3n) is 5.51. The Morgan fingerprint density at radius 1 is 1.00 bits per heavy atom. The lowest BCUT2D eigenvalue weighted by Crippen LogP contribution is -2.24. The predicted molar refractivity (Wildman–Crippen MR) is 125 cm³/mol. The Bertz CT molecular complexity index is 1060. The summed E-state index contributed by atoms with van der Waals surface area (Å²) < 4.78 is 0. The van der Waals surface area contributed by atoms with E-state index in [-0.39, 0.29) is 5.91 Å². The van der Waals surface area contributed by atoms with Crippen LogP contribution in [0.3, 0.4) is 0 Å². The summed E-state index contributed by atoms with van der Waals surface area (Å²) in [6.45, 7) is 2.75. The van der Waals surface area contributed by atoms with Gasteiger partial charge in [-0.1, -0.05) is 35.4 Å². The lowest BCUT2D eigenvalue weighted by Gasteiger charge is -2.13. The van der Waals surface area contributed by atoms with Gasteiger partial charge in [0, 0.05) is 23.4 Å².